The van der Waals surface area contributed by atoms with Gasteiger partial charge >= 0.3 is 6.03 Å². The zero-order chi connectivity index (χ0) is 26.9. The van der Waals surface area contributed by atoms with E-state index in [2.05, 4.69) is 27.3 Å². The molecule has 0 atom stereocenters. The molecule has 0 fully saturated rings. The number of nitrogens with one attached hydrogen (secondary N) is 1. The average molecular weight is 542 g/mol. The quantitative estimate of drug-likeness (QED) is 0.334. The standard InChI is InChI=1S/C30H25ClFN5O2/c31-29-11-20(5-7-34-29)15-35-30(38)37-27-6-9-36(8-1-2-19-3-4-21(14-33)26(32)10-19)16-25(27)24-12-22-17-39-18-23(22)13-28(24)37/h1-5,7,10-13H,6,8-9,15-18H2,(H,35,38)/b2-1+. The number of rotatable bonds is 5. The summed E-state index contributed by atoms with van der Waals surface area (Å²) < 4.78 is 21.4. The van der Waals surface area contributed by atoms with E-state index in [1.54, 1.807) is 18.3 Å². The van der Waals surface area contributed by atoms with E-state index in [1.165, 1.54) is 12.1 Å². The van der Waals surface area contributed by atoms with Crippen LogP contribution >= 0.6 is 11.6 Å². The molecular formula is C30H25ClFN5O2. The van der Waals surface area contributed by atoms with Gasteiger partial charge in [-0.3, -0.25) is 9.47 Å². The lowest BCUT2D eigenvalue weighted by Crippen LogP contribution is -2.34. The molecule has 6 rings (SSSR count). The van der Waals surface area contributed by atoms with E-state index in [1.807, 2.05) is 28.9 Å². The summed E-state index contributed by atoms with van der Waals surface area (Å²) in [6.45, 7) is 3.62. The molecule has 9 heteroatoms. The second-order valence-electron chi connectivity index (χ2n) is 9.78. The third kappa shape index (κ3) is 5.04. The van der Waals surface area contributed by atoms with Gasteiger partial charge in [0.15, 0.2) is 0 Å². The average Bonchev–Trinajstić information content (AvgIpc) is 3.52. The normalized spacial score (nSPS) is 14.9. The van der Waals surface area contributed by atoms with E-state index < -0.39 is 5.82 Å². The van der Waals surface area contributed by atoms with Gasteiger partial charge < -0.3 is 10.1 Å². The minimum Gasteiger partial charge on any atom is -0.372 e. The van der Waals surface area contributed by atoms with Crippen LogP contribution in [0.4, 0.5) is 9.18 Å². The van der Waals surface area contributed by atoms with Crippen LogP contribution in [0.3, 0.4) is 0 Å². The molecule has 1 N–H and O–H groups in total. The summed E-state index contributed by atoms with van der Waals surface area (Å²) in [5, 5.41) is 13.4. The number of nitrogens with zero attached hydrogens (tertiary/aromatic N) is 4. The third-order valence-electron chi connectivity index (χ3n) is 7.29. The Kier molecular flexibility index (Phi) is 6.88. The molecule has 7 nitrogen and oxygen atoms in total. The molecule has 0 unspecified atom stereocenters. The number of amides is 1. The van der Waals surface area contributed by atoms with Crippen molar-refractivity contribution in [2.45, 2.75) is 32.7 Å². The number of aromatic nitrogens is 2. The molecule has 0 saturated heterocycles. The summed E-state index contributed by atoms with van der Waals surface area (Å²) in [7, 11) is 0. The number of benzene rings is 2. The highest BCUT2D eigenvalue weighted by Crippen LogP contribution is 2.35. The minimum absolute atomic E-state index is 0.0394. The lowest BCUT2D eigenvalue weighted by Gasteiger charge is -2.27. The number of ether oxygens (including phenoxy) is 1. The second-order valence-corrected chi connectivity index (χ2v) is 10.2. The van der Waals surface area contributed by atoms with Crippen LogP contribution in [0.1, 0.15) is 39.1 Å². The number of fused-ring (bicyclic) bond motifs is 4. The molecule has 0 bridgehead atoms. The molecule has 196 valence electrons. The fourth-order valence-electron chi connectivity index (χ4n) is 5.34. The maximum absolute atomic E-state index is 14.0. The van der Waals surface area contributed by atoms with Crippen molar-refractivity contribution in [3.63, 3.8) is 0 Å². The maximum atomic E-state index is 14.0. The summed E-state index contributed by atoms with van der Waals surface area (Å²) >= 11 is 6.01. The van der Waals surface area contributed by atoms with Crippen molar-refractivity contribution in [2.24, 2.45) is 0 Å². The fraction of sp³-hybridized carbons (Fsp3) is 0.233. The van der Waals surface area contributed by atoms with Gasteiger partial charge in [-0.15, -0.1) is 0 Å². The van der Waals surface area contributed by atoms with Crippen molar-refractivity contribution in [1.82, 2.24) is 19.8 Å². The van der Waals surface area contributed by atoms with E-state index in [9.17, 15) is 9.18 Å². The highest BCUT2D eigenvalue weighted by molar-refractivity contribution is 6.29. The van der Waals surface area contributed by atoms with E-state index in [0.29, 0.717) is 43.6 Å². The Hall–Kier alpha value is -4.03. The number of hydrogen-bond acceptors (Lipinski definition) is 5. The summed E-state index contributed by atoms with van der Waals surface area (Å²) in [5.41, 5.74) is 6.96. The van der Waals surface area contributed by atoms with Crippen molar-refractivity contribution in [3.8, 4) is 6.07 Å². The van der Waals surface area contributed by atoms with Crippen LogP contribution in [-0.4, -0.2) is 33.6 Å². The summed E-state index contributed by atoms with van der Waals surface area (Å²) in [5.74, 6) is -0.517. The van der Waals surface area contributed by atoms with Crippen LogP contribution in [-0.2, 0) is 37.5 Å². The van der Waals surface area contributed by atoms with Crippen LogP contribution in [0.2, 0.25) is 5.15 Å². The molecule has 39 heavy (non-hydrogen) atoms. The SMILES string of the molecule is N#Cc1ccc(/C=C/CN2CCc3c(c4cc5c(cc4n3C(=O)NCc3ccnc(Cl)c3)COC5)C2)cc1F. The van der Waals surface area contributed by atoms with Gasteiger partial charge in [0.05, 0.1) is 24.3 Å². The zero-order valence-electron chi connectivity index (χ0n) is 21.1. The maximum Gasteiger partial charge on any atom is 0.326 e. The number of pyridine rings is 1. The van der Waals surface area contributed by atoms with Gasteiger partial charge in [-0.05, 0) is 64.2 Å². The van der Waals surface area contributed by atoms with Gasteiger partial charge in [-0.1, -0.05) is 29.8 Å². The number of hydrogen-bond donors (Lipinski definition) is 1. The first-order valence-corrected chi connectivity index (χ1v) is 13.1. The van der Waals surface area contributed by atoms with Gasteiger partial charge in [0.1, 0.15) is 17.0 Å². The Morgan fingerprint density at radius 1 is 1.21 bits per heavy atom. The molecule has 1 amide bonds. The van der Waals surface area contributed by atoms with Crippen molar-refractivity contribution >= 4 is 34.6 Å². The Morgan fingerprint density at radius 3 is 2.85 bits per heavy atom. The second kappa shape index (κ2) is 10.6. The topological polar surface area (TPSA) is 83.2 Å². The molecule has 2 aromatic carbocycles. The van der Waals surface area contributed by atoms with Crippen molar-refractivity contribution in [2.75, 3.05) is 13.1 Å². The largest absolute Gasteiger partial charge is 0.372 e. The fourth-order valence-corrected chi connectivity index (χ4v) is 5.54. The predicted octanol–water partition coefficient (Wildman–Crippen LogP) is 5.56. The van der Waals surface area contributed by atoms with Crippen LogP contribution in [0.25, 0.3) is 17.0 Å². The molecule has 0 aliphatic carbocycles. The monoisotopic (exact) mass is 541 g/mol. The molecule has 2 aromatic heterocycles. The highest BCUT2D eigenvalue weighted by Gasteiger charge is 2.28. The first kappa shape index (κ1) is 25.3. The Labute approximate surface area is 230 Å². The lowest BCUT2D eigenvalue weighted by molar-refractivity contribution is 0.134. The van der Waals surface area contributed by atoms with E-state index in [4.69, 9.17) is 21.6 Å². The molecule has 0 radical (unpaired) electrons. The van der Waals surface area contributed by atoms with Gasteiger partial charge in [0.25, 0.3) is 0 Å². The molecular weight excluding hydrogens is 517 g/mol. The summed E-state index contributed by atoms with van der Waals surface area (Å²) in [4.78, 5) is 19.8. The van der Waals surface area contributed by atoms with Gasteiger partial charge in [0, 0.05) is 49.9 Å². The number of carbonyl (C=O) groups is 1. The molecule has 0 spiro atoms. The Bertz CT molecular complexity index is 1670. The van der Waals surface area contributed by atoms with Gasteiger partial charge in [-0.2, -0.15) is 5.26 Å². The molecule has 4 heterocycles. The van der Waals surface area contributed by atoms with E-state index in [-0.39, 0.29) is 11.6 Å². The van der Waals surface area contributed by atoms with Crippen molar-refractivity contribution < 1.29 is 13.9 Å². The lowest BCUT2D eigenvalue weighted by atomic mass is 10.0. The minimum atomic E-state index is -0.517. The zero-order valence-corrected chi connectivity index (χ0v) is 21.8. The molecule has 4 aromatic rings. The number of nitriles is 1. The molecule has 0 saturated carbocycles. The van der Waals surface area contributed by atoms with Crippen LogP contribution < -0.4 is 5.32 Å². The van der Waals surface area contributed by atoms with Gasteiger partial charge in [-0.25, -0.2) is 14.2 Å². The Morgan fingerprint density at radius 2 is 2.05 bits per heavy atom. The van der Waals surface area contributed by atoms with Gasteiger partial charge in [0.2, 0.25) is 0 Å². The van der Waals surface area contributed by atoms with Crippen LogP contribution in [0.15, 0.2) is 54.7 Å². The van der Waals surface area contributed by atoms with Crippen molar-refractivity contribution in [3.05, 3.63) is 105 Å². The van der Waals surface area contributed by atoms with E-state index in [0.717, 1.165) is 51.8 Å². The Balaban J connectivity index is 1.26. The van der Waals surface area contributed by atoms with Crippen LogP contribution in [0, 0.1) is 17.1 Å². The third-order valence-corrected chi connectivity index (χ3v) is 7.50. The van der Waals surface area contributed by atoms with E-state index >= 15 is 0 Å². The first-order chi connectivity index (χ1) is 19.0. The smallest absolute Gasteiger partial charge is 0.326 e. The summed E-state index contributed by atoms with van der Waals surface area (Å²) in [6.07, 6.45) is 6.22. The summed E-state index contributed by atoms with van der Waals surface area (Å²) in [6, 6.07) is 14.1. The number of halogens is 2. The highest BCUT2D eigenvalue weighted by atomic mass is 35.5. The van der Waals surface area contributed by atoms with Crippen molar-refractivity contribution in [1.29, 1.82) is 5.26 Å². The molecule has 2 aliphatic heterocycles. The predicted molar refractivity (Wildman–Crippen MR) is 146 cm³/mol. The van der Waals surface area contributed by atoms with Crippen LogP contribution in [0.5, 0.6) is 0 Å². The first-order valence-electron chi connectivity index (χ1n) is 12.7. The number of carbonyl (C=O) groups excluding carboxylic acids is 1. The molecule has 2 aliphatic rings.